The third kappa shape index (κ3) is 5.02. The summed E-state index contributed by atoms with van der Waals surface area (Å²) in [6.07, 6.45) is 0.618. The minimum absolute atomic E-state index is 0.146. The molecule has 0 fully saturated rings. The molecule has 1 atom stereocenters. The Morgan fingerprint density at radius 3 is 2.52 bits per heavy atom. The van der Waals surface area contributed by atoms with Crippen molar-refractivity contribution in [2.45, 2.75) is 31.8 Å². The predicted octanol–water partition coefficient (Wildman–Crippen LogP) is 2.17. The van der Waals surface area contributed by atoms with E-state index in [9.17, 15) is 4.79 Å². The van der Waals surface area contributed by atoms with Crippen molar-refractivity contribution in [3.05, 3.63) is 35.9 Å². The molecule has 1 unspecified atom stereocenters. The number of methoxy groups -OCH3 is 1. The van der Waals surface area contributed by atoms with Crippen LogP contribution >= 0.6 is 11.8 Å². The summed E-state index contributed by atoms with van der Waals surface area (Å²) in [5.41, 5.74) is 0.0715. The summed E-state index contributed by atoms with van der Waals surface area (Å²) in [7, 11) is 1.42. The van der Waals surface area contributed by atoms with Gasteiger partial charge in [-0.05, 0) is 31.6 Å². The molecule has 0 saturated heterocycles. The average Bonchev–Trinajstić information content (AvgIpc) is 2.50. The van der Waals surface area contributed by atoms with Crippen LogP contribution in [0.15, 0.2) is 30.3 Å². The second kappa shape index (κ2) is 9.07. The predicted molar refractivity (Wildman–Crippen MR) is 87.4 cm³/mol. The summed E-state index contributed by atoms with van der Waals surface area (Å²) in [6.45, 7) is 4.18. The van der Waals surface area contributed by atoms with Crippen LogP contribution in [-0.4, -0.2) is 42.3 Å². The van der Waals surface area contributed by atoms with Gasteiger partial charge in [0.2, 0.25) is 0 Å². The van der Waals surface area contributed by atoms with E-state index in [1.54, 1.807) is 11.8 Å². The molecule has 1 aromatic rings. The molecule has 0 amide bonds. The van der Waals surface area contributed by atoms with Gasteiger partial charge in [-0.2, -0.15) is 11.8 Å². The summed E-state index contributed by atoms with van der Waals surface area (Å²) < 4.78 is 5.07. The zero-order valence-corrected chi connectivity index (χ0v) is 13.8. The number of hydrogen-bond donors (Lipinski definition) is 2. The fourth-order valence-electron chi connectivity index (χ4n) is 2.36. The maximum atomic E-state index is 12.5. The number of rotatable bonds is 9. The molecule has 1 aromatic carbocycles. The van der Waals surface area contributed by atoms with E-state index in [2.05, 4.69) is 5.32 Å². The lowest BCUT2D eigenvalue weighted by Gasteiger charge is -2.34. The zero-order chi connectivity index (χ0) is 15.7. The summed E-state index contributed by atoms with van der Waals surface area (Å²) >= 11 is 1.63. The first-order valence-corrected chi connectivity index (χ1v) is 8.32. The van der Waals surface area contributed by atoms with Gasteiger partial charge in [0.1, 0.15) is 5.54 Å². The van der Waals surface area contributed by atoms with Crippen molar-refractivity contribution >= 4 is 17.7 Å². The van der Waals surface area contributed by atoms with Gasteiger partial charge in [-0.1, -0.05) is 30.3 Å². The summed E-state index contributed by atoms with van der Waals surface area (Å²) in [4.78, 5) is 12.5. The summed E-state index contributed by atoms with van der Waals surface area (Å²) in [5.74, 6) is 1.17. The van der Waals surface area contributed by atoms with Gasteiger partial charge in [-0.3, -0.25) is 5.32 Å². The number of carbonyl (C=O) groups is 1. The Labute approximate surface area is 131 Å². The number of aliphatic hydroxyl groups excluding tert-OH is 1. The van der Waals surface area contributed by atoms with Gasteiger partial charge in [0.25, 0.3) is 0 Å². The first-order valence-electron chi connectivity index (χ1n) is 7.17. The lowest BCUT2D eigenvalue weighted by Crippen LogP contribution is -2.53. The van der Waals surface area contributed by atoms with Gasteiger partial charge in [0.15, 0.2) is 0 Å². The number of ether oxygens (including phenoxy) is 1. The molecule has 0 radical (unpaired) electrons. The monoisotopic (exact) mass is 311 g/mol. The minimum atomic E-state index is -0.841. The Hall–Kier alpha value is -1.04. The molecule has 118 valence electrons. The third-order valence-electron chi connectivity index (χ3n) is 3.19. The van der Waals surface area contributed by atoms with Crippen LogP contribution in [0.1, 0.15) is 25.8 Å². The Bertz CT molecular complexity index is 425. The maximum Gasteiger partial charge on any atom is 0.330 e. The first kappa shape index (κ1) is 18.0. The van der Waals surface area contributed by atoms with Gasteiger partial charge < -0.3 is 9.84 Å². The van der Waals surface area contributed by atoms with Gasteiger partial charge in [-0.25, -0.2) is 4.79 Å². The number of hydrogen-bond acceptors (Lipinski definition) is 5. The molecule has 0 heterocycles. The van der Waals surface area contributed by atoms with Crippen LogP contribution in [-0.2, 0) is 15.1 Å². The molecule has 21 heavy (non-hydrogen) atoms. The van der Waals surface area contributed by atoms with Crippen molar-refractivity contribution in [3.8, 4) is 0 Å². The van der Waals surface area contributed by atoms with E-state index in [1.807, 2.05) is 44.2 Å². The van der Waals surface area contributed by atoms with E-state index < -0.39 is 5.54 Å². The highest BCUT2D eigenvalue weighted by Gasteiger charge is 2.41. The van der Waals surface area contributed by atoms with E-state index >= 15 is 0 Å². The molecule has 2 N–H and O–H groups in total. The van der Waals surface area contributed by atoms with Gasteiger partial charge >= 0.3 is 5.97 Å². The van der Waals surface area contributed by atoms with Crippen LogP contribution in [0.4, 0.5) is 0 Å². The van der Waals surface area contributed by atoms with Gasteiger partial charge in [-0.15, -0.1) is 0 Å². The van der Waals surface area contributed by atoms with Crippen LogP contribution in [0.3, 0.4) is 0 Å². The fraction of sp³-hybridized carbons (Fsp3) is 0.562. The molecule has 0 aliphatic rings. The molecule has 5 heteroatoms. The standard InChI is InChI=1S/C16H25NO3S/c1-13(2)17-16(15(19)20-3,9-11-21-12-10-18)14-7-5-4-6-8-14/h4-8,13,17-18H,9-12H2,1-3H3. The van der Waals surface area contributed by atoms with Crippen molar-refractivity contribution in [1.29, 1.82) is 0 Å². The van der Waals surface area contributed by atoms with Crippen LogP contribution < -0.4 is 5.32 Å². The van der Waals surface area contributed by atoms with E-state index in [0.29, 0.717) is 12.2 Å². The number of carbonyl (C=O) groups excluding carboxylic acids is 1. The Morgan fingerprint density at radius 2 is 2.00 bits per heavy atom. The van der Waals surface area contributed by atoms with Crippen LogP contribution in [0, 0.1) is 0 Å². The Balaban J connectivity index is 3.06. The summed E-state index contributed by atoms with van der Waals surface area (Å²) in [6, 6.07) is 9.83. The van der Waals surface area contributed by atoms with Crippen molar-refractivity contribution in [3.63, 3.8) is 0 Å². The molecule has 1 rings (SSSR count). The molecule has 0 aliphatic heterocycles. The molecule has 0 aromatic heterocycles. The SMILES string of the molecule is COC(=O)C(CCSCCO)(NC(C)C)c1ccccc1. The number of esters is 1. The van der Waals surface area contributed by atoms with Crippen molar-refractivity contribution in [2.24, 2.45) is 0 Å². The van der Waals surface area contributed by atoms with E-state index in [4.69, 9.17) is 9.84 Å². The molecular formula is C16H25NO3S. The minimum Gasteiger partial charge on any atom is -0.467 e. The van der Waals surface area contributed by atoms with E-state index in [1.165, 1.54) is 7.11 Å². The highest BCUT2D eigenvalue weighted by atomic mass is 32.2. The van der Waals surface area contributed by atoms with Crippen molar-refractivity contribution in [2.75, 3.05) is 25.2 Å². The zero-order valence-electron chi connectivity index (χ0n) is 13.0. The van der Waals surface area contributed by atoms with Gasteiger partial charge in [0, 0.05) is 11.8 Å². The molecule has 0 spiro atoms. The average molecular weight is 311 g/mol. The second-order valence-corrected chi connectivity index (χ2v) is 6.37. The number of aliphatic hydroxyl groups is 1. The quantitative estimate of drug-likeness (QED) is 0.541. The fourth-order valence-corrected chi connectivity index (χ4v) is 3.14. The maximum absolute atomic E-state index is 12.5. The number of nitrogens with one attached hydrogen (secondary N) is 1. The molecular weight excluding hydrogens is 286 g/mol. The number of thioether (sulfide) groups is 1. The van der Waals surface area contributed by atoms with Crippen LogP contribution in [0.5, 0.6) is 0 Å². The first-order chi connectivity index (χ1) is 10.1. The smallest absolute Gasteiger partial charge is 0.330 e. The third-order valence-corrected chi connectivity index (χ3v) is 4.16. The Kier molecular flexibility index (Phi) is 7.78. The van der Waals surface area contributed by atoms with Gasteiger partial charge in [0.05, 0.1) is 13.7 Å². The summed E-state index contributed by atoms with van der Waals surface area (Å²) in [5, 5.41) is 12.3. The van der Waals surface area contributed by atoms with E-state index in [0.717, 1.165) is 11.3 Å². The molecule has 0 saturated carbocycles. The van der Waals surface area contributed by atoms with Crippen molar-refractivity contribution in [1.82, 2.24) is 5.32 Å². The molecule has 0 aliphatic carbocycles. The largest absolute Gasteiger partial charge is 0.467 e. The van der Waals surface area contributed by atoms with Crippen molar-refractivity contribution < 1.29 is 14.6 Å². The normalized spacial score (nSPS) is 14.0. The van der Waals surface area contributed by atoms with Crippen LogP contribution in [0.2, 0.25) is 0 Å². The number of benzene rings is 1. The lowest BCUT2D eigenvalue weighted by molar-refractivity contribution is -0.149. The topological polar surface area (TPSA) is 58.6 Å². The lowest BCUT2D eigenvalue weighted by atomic mass is 9.86. The molecule has 0 bridgehead atoms. The Morgan fingerprint density at radius 1 is 1.33 bits per heavy atom. The highest BCUT2D eigenvalue weighted by molar-refractivity contribution is 7.99. The second-order valence-electron chi connectivity index (χ2n) is 5.15. The molecule has 4 nitrogen and oxygen atoms in total. The highest BCUT2D eigenvalue weighted by Crippen LogP contribution is 2.29. The van der Waals surface area contributed by atoms with Crippen LogP contribution in [0.25, 0.3) is 0 Å². The van der Waals surface area contributed by atoms with E-state index in [-0.39, 0.29) is 18.6 Å².